The SMILES string of the molecule is C=C1C[C@H]2[C@@H]3CCC[C@@]3(C)CC[C@@H]2[C@@]2(C)CCC3CC132. The van der Waals surface area contributed by atoms with E-state index in [-0.39, 0.29) is 0 Å². The van der Waals surface area contributed by atoms with E-state index in [1.165, 1.54) is 57.8 Å². The molecule has 1 spiro atoms. The Balaban J connectivity index is 1.58. The van der Waals surface area contributed by atoms with Crippen molar-refractivity contribution < 1.29 is 0 Å². The quantitative estimate of drug-likeness (QED) is 0.504. The summed E-state index contributed by atoms with van der Waals surface area (Å²) in [5.41, 5.74) is 3.66. The van der Waals surface area contributed by atoms with E-state index in [2.05, 4.69) is 20.4 Å². The third-order valence-electron chi connectivity index (χ3n) is 9.29. The lowest BCUT2D eigenvalue weighted by atomic mass is 9.46. The lowest BCUT2D eigenvalue weighted by Gasteiger charge is -2.59. The predicted octanol–water partition coefficient (Wildman–Crippen LogP) is 5.59. The second-order valence-electron chi connectivity index (χ2n) is 9.60. The van der Waals surface area contributed by atoms with Crippen molar-refractivity contribution in [1.29, 1.82) is 0 Å². The Kier molecular flexibility index (Phi) is 2.08. The second kappa shape index (κ2) is 3.39. The third-order valence-corrected chi connectivity index (χ3v) is 9.29. The molecule has 0 heteroatoms. The first kappa shape index (κ1) is 12.3. The van der Waals surface area contributed by atoms with Crippen molar-refractivity contribution in [3.05, 3.63) is 12.2 Å². The smallest absolute Gasteiger partial charge is 0.000269 e. The van der Waals surface area contributed by atoms with E-state index < -0.39 is 0 Å². The minimum atomic E-state index is 0.626. The Hall–Kier alpha value is -0.260. The maximum atomic E-state index is 4.64. The summed E-state index contributed by atoms with van der Waals surface area (Å²) >= 11 is 0. The van der Waals surface area contributed by atoms with E-state index in [9.17, 15) is 0 Å². The minimum Gasteiger partial charge on any atom is -0.0993 e. The van der Waals surface area contributed by atoms with Gasteiger partial charge in [-0.15, -0.1) is 0 Å². The van der Waals surface area contributed by atoms with Gasteiger partial charge in [0.15, 0.2) is 0 Å². The zero-order chi connectivity index (χ0) is 13.8. The molecule has 5 rings (SSSR count). The lowest BCUT2D eigenvalue weighted by Crippen LogP contribution is -2.51. The van der Waals surface area contributed by atoms with Crippen molar-refractivity contribution in [2.75, 3.05) is 0 Å². The van der Waals surface area contributed by atoms with Gasteiger partial charge >= 0.3 is 0 Å². The molecule has 2 unspecified atom stereocenters. The Bertz CT molecular complexity index is 490. The van der Waals surface area contributed by atoms with Gasteiger partial charge in [-0.05, 0) is 91.3 Å². The number of hydrogen-bond acceptors (Lipinski definition) is 0. The summed E-state index contributed by atoms with van der Waals surface area (Å²) in [6.07, 6.45) is 13.5. The van der Waals surface area contributed by atoms with Crippen LogP contribution in [0.15, 0.2) is 12.2 Å². The topological polar surface area (TPSA) is 0 Å². The summed E-state index contributed by atoms with van der Waals surface area (Å²) in [4.78, 5) is 0. The van der Waals surface area contributed by atoms with Crippen LogP contribution < -0.4 is 0 Å². The van der Waals surface area contributed by atoms with Gasteiger partial charge in [-0.3, -0.25) is 0 Å². The van der Waals surface area contributed by atoms with Crippen molar-refractivity contribution >= 4 is 0 Å². The van der Waals surface area contributed by atoms with Crippen LogP contribution in [0.5, 0.6) is 0 Å². The molecule has 5 aliphatic rings. The molecule has 5 fully saturated rings. The molecule has 0 amide bonds. The van der Waals surface area contributed by atoms with Gasteiger partial charge in [0.2, 0.25) is 0 Å². The Morgan fingerprint density at radius 1 is 1.00 bits per heavy atom. The first-order valence-electron chi connectivity index (χ1n) is 9.20. The van der Waals surface area contributed by atoms with Crippen LogP contribution in [0.3, 0.4) is 0 Å². The molecule has 0 N–H and O–H groups in total. The summed E-state index contributed by atoms with van der Waals surface area (Å²) in [5.74, 6) is 4.11. The van der Waals surface area contributed by atoms with Crippen LogP contribution >= 0.6 is 0 Å². The zero-order valence-electron chi connectivity index (χ0n) is 13.4. The molecule has 0 aliphatic heterocycles. The highest BCUT2D eigenvalue weighted by Crippen LogP contribution is 2.82. The molecule has 0 bridgehead atoms. The lowest BCUT2D eigenvalue weighted by molar-refractivity contribution is -0.0669. The van der Waals surface area contributed by atoms with Crippen LogP contribution in [-0.2, 0) is 0 Å². The van der Waals surface area contributed by atoms with Crippen molar-refractivity contribution in [1.82, 2.24) is 0 Å². The van der Waals surface area contributed by atoms with Gasteiger partial charge in [0.25, 0.3) is 0 Å². The van der Waals surface area contributed by atoms with Crippen molar-refractivity contribution in [2.45, 2.75) is 71.6 Å². The summed E-state index contributed by atoms with van der Waals surface area (Å²) < 4.78 is 0. The number of rotatable bonds is 0. The second-order valence-corrected chi connectivity index (χ2v) is 9.60. The van der Waals surface area contributed by atoms with Gasteiger partial charge in [-0.1, -0.05) is 32.4 Å². The number of allylic oxidation sites excluding steroid dienone is 1. The molecule has 0 aromatic carbocycles. The maximum absolute atomic E-state index is 4.64. The standard InChI is InChI=1S/C20H30/c1-13-11-15-16-5-4-8-18(16,2)9-7-17(15)19(3)10-6-14-12-20(13,14)19/h14-17H,1,4-12H2,2-3H3/t14?,15-,16-,17-,18-,19+,20?/m0/s1. The summed E-state index contributed by atoms with van der Waals surface area (Å²) in [5, 5.41) is 0. The van der Waals surface area contributed by atoms with Gasteiger partial charge in [0, 0.05) is 0 Å². The predicted molar refractivity (Wildman–Crippen MR) is 83.3 cm³/mol. The van der Waals surface area contributed by atoms with Crippen molar-refractivity contribution in [2.24, 2.45) is 39.9 Å². The van der Waals surface area contributed by atoms with Gasteiger partial charge in [0.1, 0.15) is 0 Å². The van der Waals surface area contributed by atoms with Crippen LogP contribution in [0.4, 0.5) is 0 Å². The highest BCUT2D eigenvalue weighted by Gasteiger charge is 2.74. The molecule has 0 radical (unpaired) electrons. The average Bonchev–Trinajstić information content (AvgIpc) is 2.90. The Morgan fingerprint density at radius 2 is 1.85 bits per heavy atom. The first-order valence-corrected chi connectivity index (χ1v) is 9.20. The van der Waals surface area contributed by atoms with E-state index in [0.29, 0.717) is 16.2 Å². The van der Waals surface area contributed by atoms with Gasteiger partial charge in [0.05, 0.1) is 0 Å². The normalized spacial score (nSPS) is 63.4. The molecule has 110 valence electrons. The van der Waals surface area contributed by atoms with E-state index in [4.69, 9.17) is 0 Å². The molecular weight excluding hydrogens is 240 g/mol. The molecule has 0 aromatic heterocycles. The van der Waals surface area contributed by atoms with E-state index in [1.54, 1.807) is 5.57 Å². The van der Waals surface area contributed by atoms with Crippen LogP contribution in [-0.4, -0.2) is 0 Å². The largest absolute Gasteiger partial charge is 0.0993 e. The first-order chi connectivity index (χ1) is 9.51. The summed E-state index contributed by atoms with van der Waals surface area (Å²) in [7, 11) is 0. The van der Waals surface area contributed by atoms with E-state index in [1.807, 2.05) is 0 Å². The fourth-order valence-corrected chi connectivity index (χ4v) is 8.25. The maximum Gasteiger partial charge on any atom is -0.000269 e. The molecule has 0 saturated heterocycles. The molecular formula is C20H30. The highest BCUT2D eigenvalue weighted by molar-refractivity contribution is 5.36. The summed E-state index contributed by atoms with van der Waals surface area (Å²) in [6, 6.07) is 0. The van der Waals surface area contributed by atoms with Crippen LogP contribution in [0.2, 0.25) is 0 Å². The van der Waals surface area contributed by atoms with Gasteiger partial charge < -0.3 is 0 Å². The molecule has 20 heavy (non-hydrogen) atoms. The minimum absolute atomic E-state index is 0.626. The molecule has 0 aromatic rings. The fourth-order valence-electron chi connectivity index (χ4n) is 8.25. The van der Waals surface area contributed by atoms with Crippen LogP contribution in [0.1, 0.15) is 71.6 Å². The van der Waals surface area contributed by atoms with Gasteiger partial charge in [-0.2, -0.15) is 0 Å². The number of fused-ring (bicyclic) bond motifs is 4. The van der Waals surface area contributed by atoms with Crippen molar-refractivity contribution in [3.63, 3.8) is 0 Å². The van der Waals surface area contributed by atoms with E-state index >= 15 is 0 Å². The molecule has 0 nitrogen and oxygen atoms in total. The van der Waals surface area contributed by atoms with Crippen LogP contribution in [0, 0.1) is 39.9 Å². The Labute approximate surface area is 124 Å². The van der Waals surface area contributed by atoms with Crippen molar-refractivity contribution in [3.8, 4) is 0 Å². The molecule has 5 aliphatic carbocycles. The summed E-state index contributed by atoms with van der Waals surface area (Å²) in [6.45, 7) is 9.94. The fraction of sp³-hybridized carbons (Fsp3) is 0.900. The Morgan fingerprint density at radius 3 is 2.65 bits per heavy atom. The molecule has 7 atom stereocenters. The molecule has 5 saturated carbocycles. The monoisotopic (exact) mass is 270 g/mol. The number of hydrogen-bond donors (Lipinski definition) is 0. The van der Waals surface area contributed by atoms with Gasteiger partial charge in [-0.25, -0.2) is 0 Å². The average molecular weight is 270 g/mol. The highest BCUT2D eigenvalue weighted by atomic mass is 14.8. The van der Waals surface area contributed by atoms with E-state index in [0.717, 1.165) is 23.7 Å². The third kappa shape index (κ3) is 1.12. The molecule has 0 heterocycles. The zero-order valence-corrected chi connectivity index (χ0v) is 13.4. The van der Waals surface area contributed by atoms with Crippen LogP contribution in [0.25, 0.3) is 0 Å².